The molecule has 0 N–H and O–H groups in total. The van der Waals surface area contributed by atoms with Crippen LogP contribution in [-0.2, 0) is 52.7 Å². The van der Waals surface area contributed by atoms with E-state index in [4.69, 9.17) is 18.6 Å². The molecule has 0 unspecified atom stereocenters. The quantitative estimate of drug-likeness (QED) is 0.105. The monoisotopic (exact) mass is 614 g/mol. The molecule has 1 radical (unpaired) electrons. The normalized spacial score (nSPS) is 7.41. The Kier molecular flexibility index (Phi) is 38.2. The topological polar surface area (TPSA) is 79.6 Å². The first kappa shape index (κ1) is 42.9. The molecule has 0 saturated heterocycles. The predicted octanol–water partition coefficient (Wildman–Crippen LogP) is 5.90. The van der Waals surface area contributed by atoms with Crippen molar-refractivity contribution in [1.82, 2.24) is 0 Å². The molecular weight excluding hydrogens is 590 g/mol. The van der Waals surface area contributed by atoms with Gasteiger partial charge >= 0.3 is 45.2 Å². The third-order valence-electron chi connectivity index (χ3n) is 4.09. The third-order valence-corrected chi connectivity index (χ3v) is 6.54. The van der Waals surface area contributed by atoms with Crippen LogP contribution >= 0.6 is 7.92 Å². The standard InChI is InChI=1S/C18H15P.C5H5.C5H4.4CO.Fe.Mn/c1-4-10-16(11-5-1)19(17-12-6-2-7-13-17)18-14-8-3-9-15-18;2*1-2-4-5-3-1;4*1-2;;/h1-15H;1-5H;1-4H;;;;;;/q;-1;-2;;;;;;. The van der Waals surface area contributed by atoms with Gasteiger partial charge in [0.25, 0.3) is 0 Å². The van der Waals surface area contributed by atoms with E-state index in [0.29, 0.717) is 0 Å². The number of hydrogen-bond acceptors (Lipinski definition) is 0. The second-order valence-electron chi connectivity index (χ2n) is 6.19. The van der Waals surface area contributed by atoms with Crippen molar-refractivity contribution in [2.45, 2.75) is 0 Å². The summed E-state index contributed by atoms with van der Waals surface area (Å²) in [7, 11) is -0.446. The largest absolute Gasteiger partial charge is 0.376 e. The smallest absolute Gasteiger partial charge is 0 e. The van der Waals surface area contributed by atoms with Gasteiger partial charge in [0.15, 0.2) is 0 Å². The van der Waals surface area contributed by atoms with Crippen molar-refractivity contribution in [3.63, 3.8) is 0 Å². The van der Waals surface area contributed by atoms with Gasteiger partial charge in [-0.25, -0.2) is 12.1 Å². The first-order chi connectivity index (χ1) is 18.4. The summed E-state index contributed by atoms with van der Waals surface area (Å²) < 4.78 is 30.0. The predicted molar refractivity (Wildman–Crippen MR) is 144 cm³/mol. The zero-order valence-electron chi connectivity index (χ0n) is 20.7. The van der Waals surface area contributed by atoms with Gasteiger partial charge in [0.2, 0.25) is 0 Å². The van der Waals surface area contributed by atoms with E-state index in [-0.39, 0.29) is 34.1 Å². The molecule has 0 heterocycles. The number of hydrogen-bond donors (Lipinski definition) is 0. The minimum absolute atomic E-state index is 0. The van der Waals surface area contributed by atoms with Crippen molar-refractivity contribution in [2.75, 3.05) is 0 Å². The fourth-order valence-electron chi connectivity index (χ4n) is 2.78. The molecule has 199 valence electrons. The summed E-state index contributed by atoms with van der Waals surface area (Å²) in [5, 5.41) is 4.19. The van der Waals surface area contributed by atoms with Gasteiger partial charge in [0.1, 0.15) is 0 Å². The zero-order chi connectivity index (χ0) is 28.0. The van der Waals surface area contributed by atoms with Crippen LogP contribution in [0.3, 0.4) is 0 Å². The molecule has 0 atom stereocenters. The fraction of sp³-hybridized carbons (Fsp3) is 0. The average molecular weight is 614 g/mol. The van der Waals surface area contributed by atoms with Gasteiger partial charge in [-0.3, -0.25) is 0 Å². The van der Waals surface area contributed by atoms with Crippen molar-refractivity contribution in [1.29, 1.82) is 0 Å². The van der Waals surface area contributed by atoms with E-state index in [0.717, 1.165) is 0 Å². The summed E-state index contributed by atoms with van der Waals surface area (Å²) in [5.74, 6) is 0. The maximum Gasteiger partial charge on any atom is 0 e. The summed E-state index contributed by atoms with van der Waals surface area (Å²) in [6.45, 7) is 18.0. The second-order valence-corrected chi connectivity index (χ2v) is 8.41. The molecule has 0 fully saturated rings. The van der Waals surface area contributed by atoms with Gasteiger partial charge in [-0.1, -0.05) is 91.0 Å². The van der Waals surface area contributed by atoms with Gasteiger partial charge in [-0.05, 0) is 23.8 Å². The first-order valence-corrected chi connectivity index (χ1v) is 11.8. The molecule has 0 aliphatic rings. The van der Waals surface area contributed by atoms with Crippen LogP contribution in [0.4, 0.5) is 0 Å². The van der Waals surface area contributed by atoms with Crippen LogP contribution in [0.1, 0.15) is 0 Å². The van der Waals surface area contributed by atoms with Gasteiger partial charge in [-0.15, -0.1) is 0 Å². The summed E-state index contributed by atoms with van der Waals surface area (Å²) in [6, 6.07) is 52.8. The van der Waals surface area contributed by atoms with Crippen LogP contribution < -0.4 is 15.9 Å². The summed E-state index contributed by atoms with van der Waals surface area (Å²) >= 11 is 0. The molecule has 4 nitrogen and oxygen atoms in total. The van der Waals surface area contributed by atoms with Gasteiger partial charge < -0.3 is 30.3 Å². The SMILES string of the molecule is [C-]#[O+].[C-]#[O+].[C-]#[O+].[C-]#[O+].[Fe].[Mn].[c-]1cc[cH-]c1.c1cc[cH-]c1.c1ccc(P(c2ccccc2)c2ccccc2)cc1. The molecule has 0 aliphatic heterocycles. The average Bonchev–Trinajstić information content (AvgIpc) is 3.80. The maximum atomic E-state index is 7.50. The van der Waals surface area contributed by atoms with E-state index >= 15 is 0 Å². The Morgan fingerprint density at radius 3 is 1.00 bits per heavy atom. The Morgan fingerprint density at radius 2 is 0.821 bits per heavy atom. The molecule has 0 aromatic heterocycles. The Balaban J connectivity index is -0.000000254. The minimum Gasteiger partial charge on any atom is -0.376 e. The van der Waals surface area contributed by atoms with Crippen molar-refractivity contribution >= 4 is 23.8 Å². The Morgan fingerprint density at radius 1 is 0.487 bits per heavy atom. The van der Waals surface area contributed by atoms with E-state index in [1.54, 1.807) is 0 Å². The molecule has 5 aromatic rings. The molecule has 7 heteroatoms. The first-order valence-electron chi connectivity index (χ1n) is 10.5. The molecule has 5 rings (SSSR count). The van der Waals surface area contributed by atoms with Crippen LogP contribution in [0, 0.1) is 32.7 Å². The third kappa shape index (κ3) is 20.4. The summed E-state index contributed by atoms with van der Waals surface area (Å²) in [6.07, 6.45) is 0. The molecule has 0 amide bonds. The Hall–Kier alpha value is -3.21. The van der Waals surface area contributed by atoms with Crippen molar-refractivity contribution in [3.05, 3.63) is 178 Å². The van der Waals surface area contributed by atoms with Crippen molar-refractivity contribution in [2.24, 2.45) is 0 Å². The molecule has 0 spiro atoms. The number of rotatable bonds is 3. The van der Waals surface area contributed by atoms with Crippen molar-refractivity contribution in [3.8, 4) is 0 Å². The Labute approximate surface area is 253 Å². The van der Waals surface area contributed by atoms with E-state index in [9.17, 15) is 0 Å². The molecule has 5 aromatic carbocycles. The summed E-state index contributed by atoms with van der Waals surface area (Å²) in [4.78, 5) is 0. The minimum atomic E-state index is -0.446. The molecule has 39 heavy (non-hydrogen) atoms. The van der Waals surface area contributed by atoms with Crippen LogP contribution in [0.2, 0.25) is 0 Å². The second kappa shape index (κ2) is 34.8. The molecular formula is C32H24FeMnO4P-3. The van der Waals surface area contributed by atoms with Gasteiger partial charge in [0.05, 0.1) is 0 Å². The molecule has 0 bridgehead atoms. The fourth-order valence-corrected chi connectivity index (χ4v) is 5.08. The Bertz CT molecular complexity index is 996. The van der Waals surface area contributed by atoms with Crippen LogP contribution in [0.25, 0.3) is 0 Å². The van der Waals surface area contributed by atoms with E-state index in [1.807, 2.05) is 54.6 Å². The maximum absolute atomic E-state index is 7.50. The summed E-state index contributed by atoms with van der Waals surface area (Å²) in [5.41, 5.74) is 0. The van der Waals surface area contributed by atoms with Crippen LogP contribution in [0.15, 0.2) is 146 Å². The molecule has 0 saturated carbocycles. The van der Waals surface area contributed by atoms with Crippen LogP contribution in [-0.4, -0.2) is 0 Å². The van der Waals surface area contributed by atoms with Crippen LogP contribution in [0.5, 0.6) is 0 Å². The van der Waals surface area contributed by atoms with E-state index in [2.05, 4.69) is 124 Å². The molecule has 0 aliphatic carbocycles. The zero-order valence-corrected chi connectivity index (χ0v) is 23.8. The van der Waals surface area contributed by atoms with Gasteiger partial charge in [0, 0.05) is 34.1 Å². The van der Waals surface area contributed by atoms with Gasteiger partial charge in [-0.2, -0.15) is 18.2 Å². The number of benzene rings is 3. The van der Waals surface area contributed by atoms with E-state index in [1.165, 1.54) is 15.9 Å². The van der Waals surface area contributed by atoms with E-state index < -0.39 is 7.92 Å². The van der Waals surface area contributed by atoms with Crippen molar-refractivity contribution < 1.29 is 52.7 Å².